The summed E-state index contributed by atoms with van der Waals surface area (Å²) in [7, 11) is 1.56. The number of rotatable bonds is 4. The van der Waals surface area contributed by atoms with Crippen LogP contribution in [0.4, 0.5) is 0 Å². The first-order chi connectivity index (χ1) is 13.1. The Morgan fingerprint density at radius 2 is 1.89 bits per heavy atom. The summed E-state index contributed by atoms with van der Waals surface area (Å²) in [6.45, 7) is 10.8. The van der Waals surface area contributed by atoms with Crippen molar-refractivity contribution in [1.82, 2.24) is 5.32 Å². The fraction of sp³-hybridized carbons (Fsp3) is 0.650. The number of furan rings is 1. The highest BCUT2D eigenvalue weighted by atomic mass is 16.9. The molecule has 0 aromatic carbocycles. The third kappa shape index (κ3) is 2.91. The largest absolute Gasteiger partial charge is 0.469 e. The molecule has 1 amide bonds. The molecule has 3 aliphatic rings. The van der Waals surface area contributed by atoms with E-state index in [-0.39, 0.29) is 5.91 Å². The molecule has 6 atom stereocenters. The Kier molecular flexibility index (Phi) is 4.48. The maximum absolute atomic E-state index is 12.3. The van der Waals surface area contributed by atoms with E-state index in [0.29, 0.717) is 5.76 Å². The molecule has 0 spiro atoms. The average molecular weight is 393 g/mol. The molecule has 28 heavy (non-hydrogen) atoms. The molecule has 3 heterocycles. The molecule has 1 aromatic rings. The molecule has 154 valence electrons. The van der Waals surface area contributed by atoms with Crippen molar-refractivity contribution in [3.05, 3.63) is 36.8 Å². The molecule has 6 unspecified atom stereocenters. The summed E-state index contributed by atoms with van der Waals surface area (Å²) in [4.78, 5) is 12.3. The minimum Gasteiger partial charge on any atom is -0.469 e. The minimum atomic E-state index is -1.23. The van der Waals surface area contributed by atoms with Gasteiger partial charge in [0.05, 0.1) is 18.2 Å². The van der Waals surface area contributed by atoms with Crippen molar-refractivity contribution in [3.8, 4) is 0 Å². The van der Waals surface area contributed by atoms with Crippen LogP contribution in [0, 0.1) is 0 Å². The third-order valence-electron chi connectivity index (χ3n) is 5.49. The molecule has 2 saturated heterocycles. The van der Waals surface area contributed by atoms with Gasteiger partial charge in [-0.1, -0.05) is 6.58 Å². The summed E-state index contributed by atoms with van der Waals surface area (Å²) in [5.41, 5.74) is 0. The molecule has 4 rings (SSSR count). The fourth-order valence-electron chi connectivity index (χ4n) is 4.63. The van der Waals surface area contributed by atoms with Gasteiger partial charge in [-0.15, -0.1) is 0 Å². The Morgan fingerprint density at radius 1 is 1.18 bits per heavy atom. The lowest BCUT2D eigenvalue weighted by Gasteiger charge is -2.48. The standard InChI is InChI=1S/C20H27NO7/c1-7-12(22)21-14-13(11-9-8-10-24-11)16-20(23-6,28-19(4,5)26-16)17-15(14)25-18(2,3)27-17/h7-10,13-17H,1H2,2-6H3,(H,21,22). The SMILES string of the molecule is C=CC(=O)NC1C2OC(C)(C)OC2C2(OC)OC(C)(C)OC2C1c1ccco1. The van der Waals surface area contributed by atoms with Crippen LogP contribution in [-0.4, -0.2) is 54.7 Å². The fourth-order valence-corrected chi connectivity index (χ4v) is 4.63. The summed E-state index contributed by atoms with van der Waals surface area (Å²) >= 11 is 0. The van der Waals surface area contributed by atoms with E-state index in [1.807, 2.05) is 33.8 Å². The van der Waals surface area contributed by atoms with Crippen LogP contribution in [0.2, 0.25) is 0 Å². The Bertz CT molecular complexity index is 759. The van der Waals surface area contributed by atoms with E-state index < -0.39 is 47.6 Å². The van der Waals surface area contributed by atoms with Crippen molar-refractivity contribution in [2.45, 2.75) is 75.3 Å². The van der Waals surface area contributed by atoms with Gasteiger partial charge in [0.2, 0.25) is 11.7 Å². The summed E-state index contributed by atoms with van der Waals surface area (Å²) in [6, 6.07) is 3.13. The van der Waals surface area contributed by atoms with E-state index in [1.165, 1.54) is 6.08 Å². The van der Waals surface area contributed by atoms with Gasteiger partial charge in [-0.25, -0.2) is 0 Å². The van der Waals surface area contributed by atoms with Crippen molar-refractivity contribution < 1.29 is 32.9 Å². The number of hydrogen-bond acceptors (Lipinski definition) is 7. The van der Waals surface area contributed by atoms with Crippen LogP contribution in [0.3, 0.4) is 0 Å². The Balaban J connectivity index is 1.87. The first-order valence-corrected chi connectivity index (χ1v) is 9.37. The van der Waals surface area contributed by atoms with Gasteiger partial charge in [0.25, 0.3) is 0 Å². The molecule has 1 aromatic heterocycles. The normalized spacial score (nSPS) is 40.5. The van der Waals surface area contributed by atoms with Crippen LogP contribution in [0.15, 0.2) is 35.5 Å². The molecule has 1 aliphatic carbocycles. The van der Waals surface area contributed by atoms with Crippen LogP contribution in [0.1, 0.15) is 39.4 Å². The number of carbonyl (C=O) groups excluding carboxylic acids is 1. The molecule has 8 heteroatoms. The van der Waals surface area contributed by atoms with Crippen LogP contribution in [-0.2, 0) is 28.5 Å². The van der Waals surface area contributed by atoms with E-state index in [2.05, 4.69) is 11.9 Å². The Hall–Kier alpha value is -1.71. The highest BCUT2D eigenvalue weighted by Gasteiger charge is 2.73. The second-order valence-corrected chi connectivity index (χ2v) is 8.27. The van der Waals surface area contributed by atoms with Crippen LogP contribution < -0.4 is 5.32 Å². The van der Waals surface area contributed by atoms with E-state index in [1.54, 1.807) is 19.4 Å². The van der Waals surface area contributed by atoms with Crippen LogP contribution in [0.5, 0.6) is 0 Å². The molecular weight excluding hydrogens is 366 g/mol. The van der Waals surface area contributed by atoms with E-state index in [9.17, 15) is 4.79 Å². The smallest absolute Gasteiger partial charge is 0.243 e. The average Bonchev–Trinajstić information content (AvgIpc) is 3.30. The third-order valence-corrected chi connectivity index (χ3v) is 5.49. The number of amides is 1. The number of ether oxygens (including phenoxy) is 5. The first-order valence-electron chi connectivity index (χ1n) is 9.37. The predicted molar refractivity (Wildman–Crippen MR) is 97.2 cm³/mol. The van der Waals surface area contributed by atoms with Gasteiger partial charge in [-0.3, -0.25) is 4.79 Å². The zero-order valence-corrected chi connectivity index (χ0v) is 16.8. The molecule has 0 bridgehead atoms. The van der Waals surface area contributed by atoms with Gasteiger partial charge in [-0.05, 0) is 45.9 Å². The van der Waals surface area contributed by atoms with Gasteiger partial charge >= 0.3 is 0 Å². The summed E-state index contributed by atoms with van der Waals surface area (Å²) in [5.74, 6) is -3.17. The highest BCUT2D eigenvalue weighted by molar-refractivity contribution is 5.87. The number of carbonyl (C=O) groups is 1. The van der Waals surface area contributed by atoms with Crippen molar-refractivity contribution in [2.75, 3.05) is 7.11 Å². The van der Waals surface area contributed by atoms with Gasteiger partial charge in [0.1, 0.15) is 24.1 Å². The topological polar surface area (TPSA) is 88.4 Å². The summed E-state index contributed by atoms with van der Waals surface area (Å²) < 4.78 is 36.6. The lowest BCUT2D eigenvalue weighted by atomic mass is 9.73. The molecule has 0 radical (unpaired) electrons. The van der Waals surface area contributed by atoms with Crippen LogP contribution >= 0.6 is 0 Å². The zero-order valence-electron chi connectivity index (χ0n) is 16.8. The second kappa shape index (κ2) is 6.40. The highest BCUT2D eigenvalue weighted by Crippen LogP contribution is 2.55. The van der Waals surface area contributed by atoms with Crippen molar-refractivity contribution >= 4 is 5.91 Å². The van der Waals surface area contributed by atoms with Crippen molar-refractivity contribution in [1.29, 1.82) is 0 Å². The lowest BCUT2D eigenvalue weighted by Crippen LogP contribution is -2.69. The van der Waals surface area contributed by atoms with Crippen molar-refractivity contribution in [2.24, 2.45) is 0 Å². The molecule has 3 fully saturated rings. The monoisotopic (exact) mass is 393 g/mol. The van der Waals surface area contributed by atoms with E-state index >= 15 is 0 Å². The number of fused-ring (bicyclic) bond motifs is 3. The predicted octanol–water partition coefficient (Wildman–Crippen LogP) is 2.06. The Labute approximate surface area is 164 Å². The van der Waals surface area contributed by atoms with E-state index in [0.717, 1.165) is 0 Å². The summed E-state index contributed by atoms with van der Waals surface area (Å²) in [6.07, 6.45) is 1.03. The minimum absolute atomic E-state index is 0.322. The maximum Gasteiger partial charge on any atom is 0.243 e. The maximum atomic E-state index is 12.3. The molecule has 2 aliphatic heterocycles. The van der Waals surface area contributed by atoms with E-state index in [4.69, 9.17) is 28.1 Å². The number of hydrogen-bond donors (Lipinski definition) is 1. The Morgan fingerprint density at radius 3 is 2.50 bits per heavy atom. The summed E-state index contributed by atoms with van der Waals surface area (Å²) in [5, 5.41) is 2.98. The molecule has 1 saturated carbocycles. The quantitative estimate of drug-likeness (QED) is 0.784. The van der Waals surface area contributed by atoms with Gasteiger partial charge in [-0.2, -0.15) is 0 Å². The van der Waals surface area contributed by atoms with Gasteiger partial charge in [0.15, 0.2) is 11.6 Å². The number of methoxy groups -OCH3 is 1. The lowest BCUT2D eigenvalue weighted by molar-refractivity contribution is -0.304. The molecule has 1 N–H and O–H groups in total. The molecular formula is C20H27NO7. The number of nitrogens with one attached hydrogen (secondary N) is 1. The molecule has 8 nitrogen and oxygen atoms in total. The van der Waals surface area contributed by atoms with Crippen LogP contribution in [0.25, 0.3) is 0 Å². The van der Waals surface area contributed by atoms with Crippen molar-refractivity contribution in [3.63, 3.8) is 0 Å². The zero-order chi connectivity index (χ0) is 20.3. The second-order valence-electron chi connectivity index (χ2n) is 8.27. The first kappa shape index (κ1) is 19.6. The van der Waals surface area contributed by atoms with Gasteiger partial charge in [0, 0.05) is 7.11 Å². The van der Waals surface area contributed by atoms with Gasteiger partial charge < -0.3 is 33.4 Å².